The van der Waals surface area contributed by atoms with Crippen molar-refractivity contribution in [3.05, 3.63) is 83.9 Å². The van der Waals surface area contributed by atoms with Crippen molar-refractivity contribution in [1.82, 2.24) is 5.32 Å². The Labute approximate surface area is 181 Å². The van der Waals surface area contributed by atoms with Crippen molar-refractivity contribution < 1.29 is 22.7 Å². The van der Waals surface area contributed by atoms with Crippen LogP contribution in [-0.2, 0) is 10.0 Å². The molecule has 1 amide bonds. The number of rotatable bonds is 6. The molecule has 0 radical (unpaired) electrons. The average Bonchev–Trinajstić information content (AvgIpc) is 2.79. The molecular weight excluding hydrogens is 416 g/mol. The van der Waals surface area contributed by atoms with E-state index in [-0.39, 0.29) is 16.8 Å². The van der Waals surface area contributed by atoms with E-state index in [2.05, 4.69) is 10.0 Å². The Morgan fingerprint density at radius 2 is 1.58 bits per heavy atom. The van der Waals surface area contributed by atoms with Gasteiger partial charge in [0.1, 0.15) is 13.2 Å². The lowest BCUT2D eigenvalue weighted by Gasteiger charge is -2.21. The van der Waals surface area contributed by atoms with Crippen LogP contribution in [0, 0.1) is 0 Å². The number of anilines is 1. The number of benzene rings is 3. The maximum absolute atomic E-state index is 12.6. The smallest absolute Gasteiger partial charge is 0.261 e. The van der Waals surface area contributed by atoms with Crippen LogP contribution < -0.4 is 19.5 Å². The summed E-state index contributed by atoms with van der Waals surface area (Å²) in [5, 5.41) is 2.92. The van der Waals surface area contributed by atoms with Crippen molar-refractivity contribution in [2.24, 2.45) is 0 Å². The molecule has 1 aliphatic rings. The number of carbonyl (C=O) groups excluding carboxylic acids is 1. The van der Waals surface area contributed by atoms with Gasteiger partial charge in [-0.25, -0.2) is 8.42 Å². The second-order valence-electron chi connectivity index (χ2n) is 7.09. The lowest BCUT2D eigenvalue weighted by Crippen LogP contribution is -2.27. The van der Waals surface area contributed by atoms with Gasteiger partial charge in [0.05, 0.1) is 10.9 Å². The Hall–Kier alpha value is -3.52. The molecule has 160 valence electrons. The van der Waals surface area contributed by atoms with Gasteiger partial charge >= 0.3 is 0 Å². The van der Waals surface area contributed by atoms with Crippen molar-refractivity contribution in [3.63, 3.8) is 0 Å². The third-order valence-corrected chi connectivity index (χ3v) is 6.26. The number of hydrogen-bond donors (Lipinski definition) is 2. The summed E-state index contributed by atoms with van der Waals surface area (Å²) >= 11 is 0. The fourth-order valence-corrected chi connectivity index (χ4v) is 4.26. The van der Waals surface area contributed by atoms with Crippen LogP contribution in [0.15, 0.2) is 77.7 Å². The van der Waals surface area contributed by atoms with Gasteiger partial charge in [-0.1, -0.05) is 24.3 Å². The summed E-state index contributed by atoms with van der Waals surface area (Å²) in [6.07, 6.45) is 0. The van der Waals surface area contributed by atoms with Gasteiger partial charge in [0, 0.05) is 11.3 Å². The molecule has 1 heterocycles. The summed E-state index contributed by atoms with van der Waals surface area (Å²) in [6.45, 7) is 2.88. The highest BCUT2D eigenvalue weighted by Gasteiger charge is 2.18. The largest absolute Gasteiger partial charge is 0.486 e. The fourth-order valence-electron chi connectivity index (χ4n) is 3.20. The van der Waals surface area contributed by atoms with E-state index in [0.29, 0.717) is 36.0 Å². The molecule has 3 aromatic carbocycles. The van der Waals surface area contributed by atoms with Gasteiger partial charge in [-0.05, 0) is 61.0 Å². The summed E-state index contributed by atoms with van der Waals surface area (Å²) in [5.41, 5.74) is 1.71. The number of hydrogen-bond acceptors (Lipinski definition) is 5. The first-order valence-electron chi connectivity index (χ1n) is 9.81. The van der Waals surface area contributed by atoms with Crippen LogP contribution in [0.2, 0.25) is 0 Å². The molecule has 0 bridgehead atoms. The molecule has 3 aromatic rings. The number of carbonyl (C=O) groups is 1. The van der Waals surface area contributed by atoms with Crippen LogP contribution >= 0.6 is 0 Å². The third kappa shape index (κ3) is 4.80. The van der Waals surface area contributed by atoms with Gasteiger partial charge in [-0.3, -0.25) is 9.52 Å². The lowest BCUT2D eigenvalue weighted by molar-refractivity contribution is 0.0939. The number of fused-ring (bicyclic) bond motifs is 1. The van der Waals surface area contributed by atoms with E-state index >= 15 is 0 Å². The first-order chi connectivity index (χ1) is 14.9. The molecule has 7 nitrogen and oxygen atoms in total. The molecule has 0 aromatic heterocycles. The molecule has 1 unspecified atom stereocenters. The molecule has 0 saturated heterocycles. The molecule has 0 fully saturated rings. The Morgan fingerprint density at radius 1 is 0.903 bits per heavy atom. The van der Waals surface area contributed by atoms with E-state index in [1.54, 1.807) is 30.3 Å². The van der Waals surface area contributed by atoms with Crippen LogP contribution in [0.25, 0.3) is 0 Å². The zero-order chi connectivity index (χ0) is 21.8. The average molecular weight is 439 g/mol. The molecule has 0 aliphatic carbocycles. The lowest BCUT2D eigenvalue weighted by atomic mass is 10.1. The summed E-state index contributed by atoms with van der Waals surface area (Å²) in [6, 6.07) is 19.7. The Kier molecular flexibility index (Phi) is 5.81. The predicted octanol–water partition coefficient (Wildman–Crippen LogP) is 3.75. The zero-order valence-electron chi connectivity index (χ0n) is 16.9. The van der Waals surface area contributed by atoms with Crippen LogP contribution in [0.5, 0.6) is 11.5 Å². The van der Waals surface area contributed by atoms with Gasteiger partial charge in [0.2, 0.25) is 0 Å². The van der Waals surface area contributed by atoms with Crippen molar-refractivity contribution >= 4 is 21.6 Å². The molecule has 31 heavy (non-hydrogen) atoms. The minimum atomic E-state index is -3.74. The Balaban J connectivity index is 1.43. The first kappa shape index (κ1) is 20.7. The van der Waals surface area contributed by atoms with Crippen LogP contribution in [-0.4, -0.2) is 27.5 Å². The van der Waals surface area contributed by atoms with E-state index in [4.69, 9.17) is 9.47 Å². The first-order valence-corrected chi connectivity index (χ1v) is 11.3. The van der Waals surface area contributed by atoms with Crippen molar-refractivity contribution in [1.29, 1.82) is 0 Å². The SMILES string of the molecule is CC(NC(=O)c1ccc(S(=O)(=O)Nc2ccccc2)cc1)c1ccc2c(c1)OCCO2. The number of sulfonamides is 1. The summed E-state index contributed by atoms with van der Waals surface area (Å²) < 4.78 is 38.7. The highest BCUT2D eigenvalue weighted by atomic mass is 32.2. The molecule has 4 rings (SSSR count). The number of ether oxygens (including phenoxy) is 2. The van der Waals surface area contributed by atoms with Crippen molar-refractivity contribution in [2.45, 2.75) is 17.9 Å². The van der Waals surface area contributed by atoms with E-state index in [1.807, 2.05) is 25.1 Å². The third-order valence-electron chi connectivity index (χ3n) is 4.87. The number of amides is 1. The minimum Gasteiger partial charge on any atom is -0.486 e. The van der Waals surface area contributed by atoms with E-state index in [9.17, 15) is 13.2 Å². The monoisotopic (exact) mass is 438 g/mol. The van der Waals surface area contributed by atoms with Crippen LogP contribution in [0.4, 0.5) is 5.69 Å². The molecule has 0 spiro atoms. The molecule has 1 atom stereocenters. The summed E-state index contributed by atoms with van der Waals surface area (Å²) in [5.74, 6) is 1.04. The number of para-hydroxylation sites is 1. The molecule has 0 saturated carbocycles. The zero-order valence-corrected chi connectivity index (χ0v) is 17.7. The van der Waals surface area contributed by atoms with E-state index in [0.717, 1.165) is 5.56 Å². The summed E-state index contributed by atoms with van der Waals surface area (Å²) in [7, 11) is -3.74. The highest BCUT2D eigenvalue weighted by molar-refractivity contribution is 7.92. The van der Waals surface area contributed by atoms with Crippen molar-refractivity contribution in [2.75, 3.05) is 17.9 Å². The highest BCUT2D eigenvalue weighted by Crippen LogP contribution is 2.32. The van der Waals surface area contributed by atoms with E-state index < -0.39 is 10.0 Å². The molecule has 8 heteroatoms. The van der Waals surface area contributed by atoms with Gasteiger partial charge in [0.15, 0.2) is 11.5 Å². The van der Waals surface area contributed by atoms with Gasteiger partial charge in [-0.15, -0.1) is 0 Å². The van der Waals surface area contributed by atoms with Crippen molar-refractivity contribution in [3.8, 4) is 11.5 Å². The maximum atomic E-state index is 12.6. The second kappa shape index (κ2) is 8.69. The molecular formula is C23H22N2O5S. The second-order valence-corrected chi connectivity index (χ2v) is 8.78. The van der Waals surface area contributed by atoms with Crippen LogP contribution in [0.3, 0.4) is 0 Å². The fraction of sp³-hybridized carbons (Fsp3) is 0.174. The van der Waals surface area contributed by atoms with Gasteiger partial charge in [-0.2, -0.15) is 0 Å². The Morgan fingerprint density at radius 3 is 2.29 bits per heavy atom. The molecule has 2 N–H and O–H groups in total. The molecule has 1 aliphatic heterocycles. The minimum absolute atomic E-state index is 0.0767. The maximum Gasteiger partial charge on any atom is 0.261 e. The Bertz CT molecular complexity index is 1180. The predicted molar refractivity (Wildman–Crippen MR) is 117 cm³/mol. The number of nitrogens with one attached hydrogen (secondary N) is 2. The standard InChI is InChI=1S/C23H22N2O5S/c1-16(18-9-12-21-22(15-18)30-14-13-29-21)24-23(26)17-7-10-20(11-8-17)31(27,28)25-19-5-3-2-4-6-19/h2-12,15-16,25H,13-14H2,1H3,(H,24,26). The normalized spacial score (nSPS) is 13.8. The van der Waals surface area contributed by atoms with Gasteiger partial charge in [0.25, 0.3) is 15.9 Å². The quantitative estimate of drug-likeness (QED) is 0.611. The van der Waals surface area contributed by atoms with Gasteiger partial charge < -0.3 is 14.8 Å². The summed E-state index contributed by atoms with van der Waals surface area (Å²) in [4.78, 5) is 12.7. The van der Waals surface area contributed by atoms with E-state index in [1.165, 1.54) is 24.3 Å². The topological polar surface area (TPSA) is 93.7 Å². The van der Waals surface area contributed by atoms with Crippen LogP contribution in [0.1, 0.15) is 28.9 Å².